The van der Waals surface area contributed by atoms with Crippen molar-refractivity contribution in [2.24, 2.45) is 0 Å². The molecule has 0 saturated carbocycles. The predicted octanol–water partition coefficient (Wildman–Crippen LogP) is 4.07. The fourth-order valence-electron chi connectivity index (χ4n) is 3.08. The van der Waals surface area contributed by atoms with E-state index in [0.717, 1.165) is 17.0 Å². The minimum atomic E-state index is -0.334. The van der Waals surface area contributed by atoms with Crippen LogP contribution < -0.4 is 5.32 Å². The summed E-state index contributed by atoms with van der Waals surface area (Å²) >= 11 is 1.27. The molecule has 1 N–H and O–H groups in total. The Labute approximate surface area is 185 Å². The van der Waals surface area contributed by atoms with Gasteiger partial charge in [0.2, 0.25) is 5.91 Å². The van der Waals surface area contributed by atoms with E-state index in [-0.39, 0.29) is 18.3 Å². The number of benzene rings is 1. The van der Waals surface area contributed by atoms with Gasteiger partial charge < -0.3 is 4.74 Å². The highest BCUT2D eigenvalue weighted by Gasteiger charge is 2.12. The number of amides is 1. The van der Waals surface area contributed by atoms with Gasteiger partial charge in [-0.3, -0.25) is 19.6 Å². The summed E-state index contributed by atoms with van der Waals surface area (Å²) < 4.78 is 6.85. The highest BCUT2D eigenvalue weighted by Crippen LogP contribution is 2.18. The van der Waals surface area contributed by atoms with Gasteiger partial charge in [0.05, 0.1) is 31.0 Å². The third-order valence-electron chi connectivity index (χ3n) is 4.70. The van der Waals surface area contributed by atoms with E-state index in [1.54, 1.807) is 18.4 Å². The molecule has 0 saturated heterocycles. The minimum absolute atomic E-state index is 0.0919. The average Bonchev–Trinajstić information content (AvgIpc) is 3.26. The molecule has 162 valence electrons. The topological polar surface area (TPSA) is 86.1 Å². The summed E-state index contributed by atoms with van der Waals surface area (Å²) in [5, 5.41) is 9.52. The highest BCUT2D eigenvalue weighted by molar-refractivity contribution is 7.14. The van der Waals surface area contributed by atoms with Crippen molar-refractivity contribution in [3.05, 3.63) is 69.5 Å². The van der Waals surface area contributed by atoms with Crippen molar-refractivity contribution in [3.8, 4) is 0 Å². The first-order valence-corrected chi connectivity index (χ1v) is 10.9. The second kappa shape index (κ2) is 10.2. The van der Waals surface area contributed by atoms with Crippen molar-refractivity contribution in [1.82, 2.24) is 14.8 Å². The number of nitrogens with one attached hydrogen (secondary N) is 1. The maximum Gasteiger partial charge on any atom is 0.311 e. The zero-order chi connectivity index (χ0) is 22.4. The Hall–Kier alpha value is -3.26. The molecular formula is C23H26N4O3S. The molecule has 2 aromatic heterocycles. The summed E-state index contributed by atoms with van der Waals surface area (Å²) in [4.78, 5) is 28.1. The Bertz CT molecular complexity index is 1100. The lowest BCUT2D eigenvalue weighted by molar-refractivity contribution is -0.142. The zero-order valence-corrected chi connectivity index (χ0v) is 19.0. The number of aryl methyl sites for hydroxylation is 2. The summed E-state index contributed by atoms with van der Waals surface area (Å²) in [6, 6.07) is 8.36. The molecule has 0 radical (unpaired) electrons. The summed E-state index contributed by atoms with van der Waals surface area (Å²) in [7, 11) is 0. The molecule has 0 bridgehead atoms. The third-order valence-corrected chi connectivity index (χ3v) is 5.51. The second-order valence-electron chi connectivity index (χ2n) is 7.18. The Morgan fingerprint density at radius 2 is 1.94 bits per heavy atom. The third kappa shape index (κ3) is 6.11. The van der Waals surface area contributed by atoms with Crippen molar-refractivity contribution in [3.63, 3.8) is 0 Å². The van der Waals surface area contributed by atoms with Crippen LogP contribution in [0.1, 0.15) is 40.7 Å². The molecule has 0 unspecified atom stereocenters. The minimum Gasteiger partial charge on any atom is -0.466 e. The van der Waals surface area contributed by atoms with Crippen LogP contribution in [0.4, 0.5) is 5.13 Å². The van der Waals surface area contributed by atoms with Crippen LogP contribution in [-0.2, 0) is 27.3 Å². The van der Waals surface area contributed by atoms with E-state index in [1.165, 1.54) is 28.5 Å². The van der Waals surface area contributed by atoms with Gasteiger partial charge in [-0.2, -0.15) is 5.10 Å². The summed E-state index contributed by atoms with van der Waals surface area (Å²) in [5.41, 5.74) is 5.75. The Kier molecular flexibility index (Phi) is 7.36. The van der Waals surface area contributed by atoms with Crippen LogP contribution in [0.5, 0.6) is 0 Å². The van der Waals surface area contributed by atoms with Gasteiger partial charge in [0.15, 0.2) is 5.13 Å². The fourth-order valence-corrected chi connectivity index (χ4v) is 3.80. The molecule has 0 fully saturated rings. The zero-order valence-electron chi connectivity index (χ0n) is 18.1. The quantitative estimate of drug-likeness (QED) is 0.423. The van der Waals surface area contributed by atoms with Crippen molar-refractivity contribution >= 4 is 34.4 Å². The Morgan fingerprint density at radius 3 is 2.65 bits per heavy atom. The van der Waals surface area contributed by atoms with E-state index in [0.29, 0.717) is 24.0 Å². The maximum atomic E-state index is 12.3. The first-order valence-electron chi connectivity index (χ1n) is 10.0. The van der Waals surface area contributed by atoms with Crippen LogP contribution in [-0.4, -0.2) is 33.2 Å². The van der Waals surface area contributed by atoms with E-state index >= 15 is 0 Å². The number of nitrogens with zero attached hydrogens (tertiary/aromatic N) is 3. The van der Waals surface area contributed by atoms with Crippen molar-refractivity contribution < 1.29 is 14.3 Å². The standard InChI is InChI=1S/C23H26N4O3S/c1-5-30-22(29)12-19-14-31-23(24-19)25-21(28)11-10-20-16(3)26-27(17(20)4)13-18-8-6-15(2)7-9-18/h6-11,14H,5,12-13H2,1-4H3,(H,24,25,28)/b11-10+. The van der Waals surface area contributed by atoms with Crippen LogP contribution >= 0.6 is 11.3 Å². The number of hydrogen-bond donors (Lipinski definition) is 1. The summed E-state index contributed by atoms with van der Waals surface area (Å²) in [5.74, 6) is -0.624. The first-order chi connectivity index (χ1) is 14.9. The van der Waals surface area contributed by atoms with Crippen LogP contribution in [0.2, 0.25) is 0 Å². The van der Waals surface area contributed by atoms with Gasteiger partial charge in [0.1, 0.15) is 0 Å². The van der Waals surface area contributed by atoms with Crippen molar-refractivity contribution in [2.75, 3.05) is 11.9 Å². The van der Waals surface area contributed by atoms with Gasteiger partial charge in [-0.05, 0) is 39.3 Å². The summed E-state index contributed by atoms with van der Waals surface area (Å²) in [6.07, 6.45) is 3.33. The van der Waals surface area contributed by atoms with Crippen LogP contribution in [0.25, 0.3) is 6.08 Å². The van der Waals surface area contributed by atoms with Crippen molar-refractivity contribution in [1.29, 1.82) is 0 Å². The number of carbonyl (C=O) groups excluding carboxylic acids is 2. The first kappa shape index (κ1) is 22.4. The Morgan fingerprint density at radius 1 is 1.19 bits per heavy atom. The molecule has 1 amide bonds. The van der Waals surface area contributed by atoms with Gasteiger partial charge >= 0.3 is 5.97 Å². The number of anilines is 1. The van der Waals surface area contributed by atoms with Crippen LogP contribution in [0.15, 0.2) is 35.7 Å². The van der Waals surface area contributed by atoms with Crippen LogP contribution in [0.3, 0.4) is 0 Å². The number of aromatic nitrogens is 3. The molecule has 0 atom stereocenters. The SMILES string of the molecule is CCOC(=O)Cc1csc(NC(=O)/C=C/c2c(C)nn(Cc3ccc(C)cc3)c2C)n1. The molecule has 3 aromatic rings. The molecule has 7 nitrogen and oxygen atoms in total. The molecule has 0 aliphatic heterocycles. The predicted molar refractivity (Wildman–Crippen MR) is 122 cm³/mol. The second-order valence-corrected chi connectivity index (χ2v) is 8.03. The van der Waals surface area contributed by atoms with E-state index in [4.69, 9.17) is 4.74 Å². The molecule has 0 aliphatic carbocycles. The molecule has 2 heterocycles. The number of rotatable bonds is 8. The Balaban J connectivity index is 1.63. The van der Waals surface area contributed by atoms with E-state index in [1.807, 2.05) is 18.5 Å². The molecule has 0 spiro atoms. The van der Waals surface area contributed by atoms with E-state index in [9.17, 15) is 9.59 Å². The fraction of sp³-hybridized carbons (Fsp3) is 0.304. The van der Waals surface area contributed by atoms with Gasteiger partial charge in [0, 0.05) is 22.7 Å². The van der Waals surface area contributed by atoms with Gasteiger partial charge in [-0.1, -0.05) is 29.8 Å². The number of thiazole rings is 1. The lowest BCUT2D eigenvalue weighted by atomic mass is 10.1. The number of hydrogen-bond acceptors (Lipinski definition) is 6. The van der Waals surface area contributed by atoms with Gasteiger partial charge in [-0.15, -0.1) is 11.3 Å². The molecular weight excluding hydrogens is 412 g/mol. The number of ether oxygens (including phenoxy) is 1. The monoisotopic (exact) mass is 438 g/mol. The average molecular weight is 439 g/mol. The van der Waals surface area contributed by atoms with Crippen LogP contribution in [0, 0.1) is 20.8 Å². The molecule has 31 heavy (non-hydrogen) atoms. The molecule has 1 aromatic carbocycles. The molecule has 0 aliphatic rings. The van der Waals surface area contributed by atoms with Crippen molar-refractivity contribution in [2.45, 2.75) is 40.7 Å². The number of esters is 1. The summed E-state index contributed by atoms with van der Waals surface area (Å²) in [6.45, 7) is 8.75. The van der Waals surface area contributed by atoms with E-state index < -0.39 is 0 Å². The lowest BCUT2D eigenvalue weighted by Gasteiger charge is -2.05. The lowest BCUT2D eigenvalue weighted by Crippen LogP contribution is -2.09. The highest BCUT2D eigenvalue weighted by atomic mass is 32.1. The maximum absolute atomic E-state index is 12.3. The van der Waals surface area contributed by atoms with E-state index in [2.05, 4.69) is 46.6 Å². The normalized spacial score (nSPS) is 11.1. The smallest absolute Gasteiger partial charge is 0.311 e. The van der Waals surface area contributed by atoms with Gasteiger partial charge in [0.25, 0.3) is 0 Å². The molecule has 8 heteroatoms. The number of carbonyl (C=O) groups is 2. The largest absolute Gasteiger partial charge is 0.466 e. The molecule has 3 rings (SSSR count). The van der Waals surface area contributed by atoms with Gasteiger partial charge in [-0.25, -0.2) is 4.98 Å².